The monoisotopic (exact) mass is 234 g/mol. The van der Waals surface area contributed by atoms with Gasteiger partial charge in [0, 0.05) is 17.8 Å². The number of aryl methyl sites for hydroxylation is 2. The predicted octanol–water partition coefficient (Wildman–Crippen LogP) is 0.262. The van der Waals surface area contributed by atoms with Crippen LogP contribution in [0.5, 0.6) is 0 Å². The van der Waals surface area contributed by atoms with Crippen LogP contribution in [0.25, 0.3) is 0 Å². The summed E-state index contributed by atoms with van der Waals surface area (Å²) in [5.41, 5.74) is 8.87. The molecule has 0 bridgehead atoms. The Balaban J connectivity index is 2.03. The van der Waals surface area contributed by atoms with Crippen LogP contribution < -0.4 is 11.1 Å². The Morgan fingerprint density at radius 1 is 1.41 bits per heavy atom. The number of carbonyl (C=O) groups excluding carboxylic acids is 1. The summed E-state index contributed by atoms with van der Waals surface area (Å²) < 4.78 is 0. The molecule has 2 heterocycles. The lowest BCUT2D eigenvalue weighted by atomic mass is 10.2. The van der Waals surface area contributed by atoms with Gasteiger partial charge < -0.3 is 11.1 Å². The minimum atomic E-state index is -0.299. The minimum Gasteiger partial charge on any atom is -0.395 e. The maximum atomic E-state index is 11.8. The molecule has 0 aliphatic carbocycles. The van der Waals surface area contributed by atoms with E-state index in [0.717, 1.165) is 11.3 Å². The van der Waals surface area contributed by atoms with Gasteiger partial charge in [-0.15, -0.1) is 0 Å². The van der Waals surface area contributed by atoms with E-state index in [9.17, 15) is 4.79 Å². The van der Waals surface area contributed by atoms with Gasteiger partial charge in [0.05, 0.1) is 17.6 Å². The Labute approximate surface area is 97.8 Å². The Morgan fingerprint density at radius 3 is 2.71 bits per heavy atom. The van der Waals surface area contributed by atoms with Crippen molar-refractivity contribution in [3.05, 3.63) is 28.8 Å². The molecule has 0 fully saturated rings. The second-order valence-corrected chi connectivity index (χ2v) is 3.81. The van der Waals surface area contributed by atoms with Gasteiger partial charge in [-0.25, -0.2) is 0 Å². The van der Waals surface area contributed by atoms with Gasteiger partial charge in [0.1, 0.15) is 0 Å². The molecule has 0 radical (unpaired) electrons. The zero-order chi connectivity index (χ0) is 12.4. The standard InChI is InChI=1S/C10H14N6O/c1-5-7(4-13-14-5)3-12-10(17)9-8(11)6(2)15-16-9/h4H,3,11H2,1-2H3,(H,12,17)(H,13,14)(H,15,16). The molecule has 0 saturated carbocycles. The van der Waals surface area contributed by atoms with Crippen LogP contribution in [0.4, 0.5) is 5.69 Å². The lowest BCUT2D eigenvalue weighted by molar-refractivity contribution is 0.0947. The highest BCUT2D eigenvalue weighted by Gasteiger charge is 2.15. The van der Waals surface area contributed by atoms with Crippen molar-refractivity contribution in [3.8, 4) is 0 Å². The van der Waals surface area contributed by atoms with Gasteiger partial charge in [0.25, 0.3) is 5.91 Å². The van der Waals surface area contributed by atoms with Crippen molar-refractivity contribution in [3.63, 3.8) is 0 Å². The fourth-order valence-corrected chi connectivity index (χ4v) is 1.42. The van der Waals surface area contributed by atoms with Crippen LogP contribution in [0, 0.1) is 13.8 Å². The predicted molar refractivity (Wildman–Crippen MR) is 62.2 cm³/mol. The highest BCUT2D eigenvalue weighted by atomic mass is 16.1. The van der Waals surface area contributed by atoms with Crippen molar-refractivity contribution in [1.29, 1.82) is 0 Å². The number of nitrogen functional groups attached to an aromatic ring is 1. The number of nitrogens with two attached hydrogens (primary N) is 1. The molecule has 17 heavy (non-hydrogen) atoms. The molecule has 0 atom stereocenters. The number of aromatic nitrogens is 4. The van der Waals surface area contributed by atoms with E-state index in [-0.39, 0.29) is 11.6 Å². The number of nitrogens with zero attached hydrogens (tertiary/aromatic N) is 2. The minimum absolute atomic E-state index is 0.226. The van der Waals surface area contributed by atoms with Crippen molar-refractivity contribution in [2.24, 2.45) is 0 Å². The first-order chi connectivity index (χ1) is 8.09. The average molecular weight is 234 g/mol. The van der Waals surface area contributed by atoms with Crippen molar-refractivity contribution in [1.82, 2.24) is 25.7 Å². The second-order valence-electron chi connectivity index (χ2n) is 3.81. The van der Waals surface area contributed by atoms with Crippen LogP contribution in [0.1, 0.15) is 27.4 Å². The van der Waals surface area contributed by atoms with Gasteiger partial charge in [-0.3, -0.25) is 15.0 Å². The molecule has 7 nitrogen and oxygen atoms in total. The van der Waals surface area contributed by atoms with Gasteiger partial charge >= 0.3 is 0 Å². The first kappa shape index (κ1) is 11.2. The molecule has 0 saturated heterocycles. The van der Waals surface area contributed by atoms with Crippen LogP contribution in [-0.2, 0) is 6.54 Å². The molecule has 0 aromatic carbocycles. The lowest BCUT2D eigenvalue weighted by Crippen LogP contribution is -2.24. The maximum absolute atomic E-state index is 11.8. The SMILES string of the molecule is Cc1[nH]ncc1CNC(=O)c1n[nH]c(C)c1N. The van der Waals surface area contributed by atoms with Crippen LogP contribution in [0.15, 0.2) is 6.20 Å². The third-order valence-electron chi connectivity index (χ3n) is 2.58. The zero-order valence-electron chi connectivity index (χ0n) is 9.66. The molecule has 1 amide bonds. The summed E-state index contributed by atoms with van der Waals surface area (Å²) in [7, 11) is 0. The van der Waals surface area contributed by atoms with E-state index in [4.69, 9.17) is 5.73 Å². The Bertz CT molecular complexity index is 541. The summed E-state index contributed by atoms with van der Waals surface area (Å²) in [5, 5.41) is 15.9. The molecule has 0 aliphatic heterocycles. The number of H-pyrrole nitrogens is 2. The van der Waals surface area contributed by atoms with Crippen molar-refractivity contribution < 1.29 is 4.79 Å². The van der Waals surface area contributed by atoms with Gasteiger partial charge in [0.15, 0.2) is 5.69 Å². The first-order valence-corrected chi connectivity index (χ1v) is 5.17. The zero-order valence-corrected chi connectivity index (χ0v) is 9.66. The van der Waals surface area contributed by atoms with E-state index in [1.807, 2.05) is 6.92 Å². The largest absolute Gasteiger partial charge is 0.395 e. The summed E-state index contributed by atoms with van der Waals surface area (Å²) in [5.74, 6) is -0.299. The van der Waals surface area contributed by atoms with Crippen LogP contribution in [-0.4, -0.2) is 26.3 Å². The molecule has 90 valence electrons. The summed E-state index contributed by atoms with van der Waals surface area (Å²) in [6.45, 7) is 4.05. The molecule has 0 unspecified atom stereocenters. The van der Waals surface area contributed by atoms with E-state index in [2.05, 4.69) is 25.7 Å². The maximum Gasteiger partial charge on any atom is 0.274 e. The molecule has 5 N–H and O–H groups in total. The number of hydrogen-bond donors (Lipinski definition) is 4. The molecular formula is C10H14N6O. The summed E-state index contributed by atoms with van der Waals surface area (Å²) in [6, 6.07) is 0. The van der Waals surface area contributed by atoms with E-state index < -0.39 is 0 Å². The molecule has 0 spiro atoms. The van der Waals surface area contributed by atoms with Gasteiger partial charge in [0.2, 0.25) is 0 Å². The van der Waals surface area contributed by atoms with E-state index in [1.54, 1.807) is 13.1 Å². The molecule has 2 aromatic heterocycles. The number of nitrogens with one attached hydrogen (secondary N) is 3. The smallest absolute Gasteiger partial charge is 0.274 e. The molecular weight excluding hydrogens is 220 g/mol. The lowest BCUT2D eigenvalue weighted by Gasteiger charge is -2.02. The third-order valence-corrected chi connectivity index (χ3v) is 2.58. The van der Waals surface area contributed by atoms with Gasteiger partial charge in [-0.05, 0) is 13.8 Å². The molecule has 2 aromatic rings. The topological polar surface area (TPSA) is 112 Å². The molecule has 0 aliphatic rings. The quantitative estimate of drug-likeness (QED) is 0.610. The second kappa shape index (κ2) is 4.28. The van der Waals surface area contributed by atoms with E-state index in [0.29, 0.717) is 17.9 Å². The number of amides is 1. The first-order valence-electron chi connectivity index (χ1n) is 5.17. The fraction of sp³-hybridized carbons (Fsp3) is 0.300. The summed E-state index contributed by atoms with van der Waals surface area (Å²) in [6.07, 6.45) is 1.68. The summed E-state index contributed by atoms with van der Waals surface area (Å²) in [4.78, 5) is 11.8. The number of hydrogen-bond acceptors (Lipinski definition) is 4. The Kier molecular flexibility index (Phi) is 2.82. The molecule has 7 heteroatoms. The van der Waals surface area contributed by atoms with Crippen molar-refractivity contribution in [2.75, 3.05) is 5.73 Å². The van der Waals surface area contributed by atoms with Crippen molar-refractivity contribution in [2.45, 2.75) is 20.4 Å². The van der Waals surface area contributed by atoms with Crippen LogP contribution in [0.2, 0.25) is 0 Å². The van der Waals surface area contributed by atoms with E-state index >= 15 is 0 Å². The molecule has 2 rings (SSSR count). The highest BCUT2D eigenvalue weighted by molar-refractivity contribution is 5.97. The third kappa shape index (κ3) is 2.12. The summed E-state index contributed by atoms with van der Waals surface area (Å²) >= 11 is 0. The normalized spacial score (nSPS) is 10.5. The fourth-order valence-electron chi connectivity index (χ4n) is 1.42. The van der Waals surface area contributed by atoms with Gasteiger partial charge in [-0.2, -0.15) is 10.2 Å². The average Bonchev–Trinajstić information content (AvgIpc) is 2.84. The Hall–Kier alpha value is -2.31. The Morgan fingerprint density at radius 2 is 2.18 bits per heavy atom. The van der Waals surface area contributed by atoms with E-state index in [1.165, 1.54) is 0 Å². The van der Waals surface area contributed by atoms with Crippen molar-refractivity contribution >= 4 is 11.6 Å². The number of anilines is 1. The number of aromatic amines is 2. The van der Waals surface area contributed by atoms with Crippen LogP contribution in [0.3, 0.4) is 0 Å². The highest BCUT2D eigenvalue weighted by Crippen LogP contribution is 2.12. The number of rotatable bonds is 3. The van der Waals surface area contributed by atoms with Crippen LogP contribution >= 0.6 is 0 Å². The van der Waals surface area contributed by atoms with Gasteiger partial charge in [-0.1, -0.05) is 0 Å². The number of carbonyl (C=O) groups is 1.